The molecule has 1 aliphatic rings. The van der Waals surface area contributed by atoms with Crippen LogP contribution in [0.4, 0.5) is 13.2 Å². The fourth-order valence-electron chi connectivity index (χ4n) is 4.16. The summed E-state index contributed by atoms with van der Waals surface area (Å²) in [7, 11) is -7.64. The molecule has 1 aromatic heterocycles. The molecule has 2 aromatic rings. The molecule has 0 bridgehead atoms. The van der Waals surface area contributed by atoms with Gasteiger partial charge >= 0.3 is 12.1 Å². The predicted octanol–water partition coefficient (Wildman–Crippen LogP) is 3.74. The molecule has 14 heteroatoms. The Morgan fingerprint density at radius 2 is 1.76 bits per heavy atom. The minimum Gasteiger partial charge on any atom is -0.465 e. The van der Waals surface area contributed by atoms with Crippen molar-refractivity contribution in [1.82, 2.24) is 14.1 Å². The van der Waals surface area contributed by atoms with Gasteiger partial charge in [0.1, 0.15) is 6.54 Å². The van der Waals surface area contributed by atoms with Crippen LogP contribution in [0.15, 0.2) is 34.2 Å². The van der Waals surface area contributed by atoms with Gasteiger partial charge in [0, 0.05) is 18.3 Å². The molecular formula is C23H30F3N3O6S2. The molecule has 0 saturated heterocycles. The van der Waals surface area contributed by atoms with Crippen LogP contribution in [0.1, 0.15) is 63.4 Å². The van der Waals surface area contributed by atoms with Crippen molar-refractivity contribution in [1.29, 1.82) is 0 Å². The van der Waals surface area contributed by atoms with Crippen LogP contribution < -0.4 is 0 Å². The van der Waals surface area contributed by atoms with Crippen molar-refractivity contribution in [2.24, 2.45) is 0 Å². The summed E-state index contributed by atoms with van der Waals surface area (Å²) in [5, 5.41) is 4.19. The Kier molecular flexibility index (Phi) is 7.89. The Hall–Kier alpha value is -2.45. The summed E-state index contributed by atoms with van der Waals surface area (Å²) in [5.74, 6) is -0.506. The van der Waals surface area contributed by atoms with Gasteiger partial charge in [0.25, 0.3) is 0 Å². The third kappa shape index (κ3) is 5.70. The Morgan fingerprint density at radius 3 is 2.32 bits per heavy atom. The van der Waals surface area contributed by atoms with E-state index < -0.39 is 58.1 Å². The maximum Gasteiger partial charge on any atom is 0.416 e. The van der Waals surface area contributed by atoms with Crippen molar-refractivity contribution >= 4 is 25.8 Å². The number of nitrogens with zero attached hydrogens (tertiary/aromatic N) is 3. The van der Waals surface area contributed by atoms with Gasteiger partial charge in [0.2, 0.25) is 10.0 Å². The number of sulfone groups is 1. The van der Waals surface area contributed by atoms with Gasteiger partial charge in [0.05, 0.1) is 38.9 Å². The number of aromatic nitrogens is 2. The molecule has 37 heavy (non-hydrogen) atoms. The fraction of sp³-hybridized carbons (Fsp3) is 0.565. The van der Waals surface area contributed by atoms with Crippen molar-refractivity contribution in [3.8, 4) is 0 Å². The molecule has 9 nitrogen and oxygen atoms in total. The quantitative estimate of drug-likeness (QED) is 0.470. The van der Waals surface area contributed by atoms with Crippen LogP contribution in [0, 0.1) is 0 Å². The molecule has 0 amide bonds. The lowest BCUT2D eigenvalue weighted by Crippen LogP contribution is -2.34. The number of hydrogen-bond donors (Lipinski definition) is 0. The fourth-order valence-corrected chi connectivity index (χ4v) is 6.95. The minimum atomic E-state index is -4.97. The molecule has 3 rings (SSSR count). The van der Waals surface area contributed by atoms with E-state index in [9.17, 15) is 34.8 Å². The van der Waals surface area contributed by atoms with E-state index in [0.717, 1.165) is 10.4 Å². The number of rotatable bonds is 7. The van der Waals surface area contributed by atoms with E-state index in [1.165, 1.54) is 38.7 Å². The van der Waals surface area contributed by atoms with Crippen molar-refractivity contribution in [3.63, 3.8) is 0 Å². The summed E-state index contributed by atoms with van der Waals surface area (Å²) < 4.78 is 100.0. The molecule has 0 fully saturated rings. The second-order valence-electron chi connectivity index (χ2n) is 9.75. The number of carbonyl (C=O) groups is 1. The third-order valence-corrected chi connectivity index (χ3v) is 10.6. The summed E-state index contributed by atoms with van der Waals surface area (Å²) in [6.07, 6.45) is -2.11. The van der Waals surface area contributed by atoms with Crippen molar-refractivity contribution in [2.75, 3.05) is 13.7 Å². The topological polar surface area (TPSA) is 116 Å². The van der Waals surface area contributed by atoms with Crippen LogP contribution in [0.5, 0.6) is 0 Å². The van der Waals surface area contributed by atoms with Crippen molar-refractivity contribution in [3.05, 3.63) is 41.2 Å². The number of sulfonamides is 1. The molecule has 1 heterocycles. The highest BCUT2D eigenvalue weighted by Gasteiger charge is 2.40. The number of benzene rings is 1. The van der Waals surface area contributed by atoms with E-state index in [1.54, 1.807) is 6.92 Å². The van der Waals surface area contributed by atoms with Crippen molar-refractivity contribution < 1.29 is 39.5 Å². The number of hydrogen-bond acceptors (Lipinski definition) is 7. The van der Waals surface area contributed by atoms with Gasteiger partial charge in [0.15, 0.2) is 9.84 Å². The number of fused-ring (bicyclic) bond motifs is 1. The van der Waals surface area contributed by atoms with E-state index in [-0.39, 0.29) is 13.2 Å². The zero-order chi connectivity index (χ0) is 28.0. The molecule has 1 atom stereocenters. The van der Waals surface area contributed by atoms with E-state index in [4.69, 9.17) is 4.74 Å². The van der Waals surface area contributed by atoms with Gasteiger partial charge in [-0.2, -0.15) is 22.6 Å². The van der Waals surface area contributed by atoms with Crippen LogP contribution in [0.3, 0.4) is 0 Å². The summed E-state index contributed by atoms with van der Waals surface area (Å²) in [6.45, 7) is 5.66. The summed E-state index contributed by atoms with van der Waals surface area (Å²) in [6, 6.07) is 0.899. The van der Waals surface area contributed by atoms with E-state index in [2.05, 4.69) is 5.10 Å². The van der Waals surface area contributed by atoms with Crippen LogP contribution in [-0.2, 0) is 48.5 Å². The van der Waals surface area contributed by atoms with E-state index in [1.807, 2.05) is 0 Å². The SMILES string of the molecule is CCOC(=O)Cn1ncc2c1CCCC2N(C)S(=O)(=O)c1cc(C(F)(F)F)cc(S(=O)(=O)C(C)(C)C)c1. The van der Waals surface area contributed by atoms with Gasteiger partial charge in [-0.15, -0.1) is 0 Å². The highest BCUT2D eigenvalue weighted by atomic mass is 32.2. The van der Waals surface area contributed by atoms with Crippen LogP contribution in [-0.4, -0.2) is 55.3 Å². The molecule has 0 radical (unpaired) electrons. The summed E-state index contributed by atoms with van der Waals surface area (Å²) >= 11 is 0. The second-order valence-corrected chi connectivity index (χ2v) is 14.4. The lowest BCUT2D eigenvalue weighted by atomic mass is 9.93. The van der Waals surface area contributed by atoms with Gasteiger partial charge in [-0.1, -0.05) is 0 Å². The third-order valence-electron chi connectivity index (χ3n) is 6.26. The van der Waals surface area contributed by atoms with E-state index >= 15 is 0 Å². The first kappa shape index (κ1) is 29.1. The highest BCUT2D eigenvalue weighted by molar-refractivity contribution is 7.93. The first-order valence-electron chi connectivity index (χ1n) is 11.6. The zero-order valence-electron chi connectivity index (χ0n) is 21.2. The normalized spacial score (nSPS) is 17.1. The van der Waals surface area contributed by atoms with Gasteiger partial charge in [-0.3, -0.25) is 9.48 Å². The monoisotopic (exact) mass is 565 g/mol. The second kappa shape index (κ2) is 10.0. The molecule has 1 aromatic carbocycles. The summed E-state index contributed by atoms with van der Waals surface area (Å²) in [5.41, 5.74) is -0.223. The Morgan fingerprint density at radius 1 is 1.14 bits per heavy atom. The molecule has 0 N–H and O–H groups in total. The smallest absolute Gasteiger partial charge is 0.416 e. The first-order chi connectivity index (χ1) is 16.9. The molecule has 1 unspecified atom stereocenters. The van der Waals surface area contributed by atoms with Crippen LogP contribution in [0.2, 0.25) is 0 Å². The summed E-state index contributed by atoms with van der Waals surface area (Å²) in [4.78, 5) is 10.4. The van der Waals surface area contributed by atoms with Gasteiger partial charge < -0.3 is 4.74 Å². The zero-order valence-corrected chi connectivity index (χ0v) is 22.8. The molecule has 1 aliphatic carbocycles. The standard InChI is InChI=1S/C23H30F3N3O6S2/c1-6-35-21(30)14-29-20-9-7-8-19(18(20)13-27-29)28(5)37(33,34)17-11-15(23(24,25)26)10-16(12-17)36(31,32)22(2,3)4/h10-13,19H,6-9,14H2,1-5H3. The molecule has 0 spiro atoms. The average molecular weight is 566 g/mol. The number of esters is 1. The number of ether oxygens (including phenoxy) is 1. The Labute approximate surface area is 214 Å². The Bertz CT molecular complexity index is 1390. The largest absolute Gasteiger partial charge is 0.465 e. The lowest BCUT2D eigenvalue weighted by Gasteiger charge is -2.31. The lowest BCUT2D eigenvalue weighted by molar-refractivity contribution is -0.144. The highest BCUT2D eigenvalue weighted by Crippen LogP contribution is 2.39. The molecule has 206 valence electrons. The number of carbonyl (C=O) groups excluding carboxylic acids is 1. The number of alkyl halides is 3. The van der Waals surface area contributed by atoms with Crippen molar-refractivity contribution in [2.45, 2.75) is 80.3 Å². The maximum atomic E-state index is 13.7. The first-order valence-corrected chi connectivity index (χ1v) is 14.5. The van der Waals surface area contributed by atoms with E-state index in [0.29, 0.717) is 42.7 Å². The predicted molar refractivity (Wildman–Crippen MR) is 128 cm³/mol. The molecule has 0 aliphatic heterocycles. The Balaban J connectivity index is 2.08. The minimum absolute atomic E-state index is 0.159. The average Bonchev–Trinajstić information content (AvgIpc) is 3.19. The molecule has 0 saturated carbocycles. The number of halogens is 3. The maximum absolute atomic E-state index is 13.7. The van der Waals surface area contributed by atoms with Gasteiger partial charge in [-0.25, -0.2) is 16.8 Å². The van der Waals surface area contributed by atoms with Gasteiger partial charge in [-0.05, 0) is 65.2 Å². The molecular weight excluding hydrogens is 535 g/mol. The van der Waals surface area contributed by atoms with Crippen LogP contribution >= 0.6 is 0 Å². The van der Waals surface area contributed by atoms with Crippen LogP contribution in [0.25, 0.3) is 0 Å².